The molecule has 1 aliphatic carbocycles. The second-order valence-electron chi connectivity index (χ2n) is 6.77. The minimum atomic E-state index is 0.623. The van der Waals surface area contributed by atoms with Gasteiger partial charge in [0.05, 0.1) is 0 Å². The highest BCUT2D eigenvalue weighted by Crippen LogP contribution is 2.54. The molecule has 0 bridgehead atoms. The van der Waals surface area contributed by atoms with Gasteiger partial charge in [0.2, 0.25) is 0 Å². The van der Waals surface area contributed by atoms with Crippen LogP contribution in [0.25, 0.3) is 0 Å². The fourth-order valence-electron chi connectivity index (χ4n) is 3.18. The maximum atomic E-state index is 3.68. The summed E-state index contributed by atoms with van der Waals surface area (Å²) in [6.45, 7) is 6.97. The first-order valence-corrected chi connectivity index (χ1v) is 8.60. The monoisotopic (exact) mass is 275 g/mol. The Morgan fingerprint density at radius 3 is 2.84 bits per heavy atom. The Hall–Kier alpha value is -0.470. The van der Waals surface area contributed by atoms with Crippen molar-refractivity contribution in [2.45, 2.75) is 43.9 Å². The van der Waals surface area contributed by atoms with Gasteiger partial charge in [-0.3, -0.25) is 0 Å². The Bertz CT molecular complexity index is 437. The van der Waals surface area contributed by atoms with Crippen LogP contribution in [0, 0.1) is 11.3 Å². The van der Waals surface area contributed by atoms with E-state index in [9.17, 15) is 0 Å². The van der Waals surface area contributed by atoms with Gasteiger partial charge in [-0.05, 0) is 54.7 Å². The van der Waals surface area contributed by atoms with Gasteiger partial charge in [-0.25, -0.2) is 0 Å². The van der Waals surface area contributed by atoms with Crippen molar-refractivity contribution in [3.8, 4) is 0 Å². The molecule has 104 valence electrons. The summed E-state index contributed by atoms with van der Waals surface area (Å²) >= 11 is 2.05. The molecule has 1 aromatic carbocycles. The van der Waals surface area contributed by atoms with Crippen molar-refractivity contribution in [3.63, 3.8) is 0 Å². The van der Waals surface area contributed by atoms with Crippen molar-refractivity contribution in [2.24, 2.45) is 11.3 Å². The van der Waals surface area contributed by atoms with Gasteiger partial charge >= 0.3 is 0 Å². The van der Waals surface area contributed by atoms with Gasteiger partial charge in [-0.1, -0.05) is 32.0 Å². The fourth-order valence-corrected chi connectivity index (χ4v) is 4.43. The molecule has 1 saturated carbocycles. The summed E-state index contributed by atoms with van der Waals surface area (Å²) in [6, 6.07) is 9.01. The van der Waals surface area contributed by atoms with Crippen LogP contribution in [0.1, 0.15) is 44.6 Å². The summed E-state index contributed by atoms with van der Waals surface area (Å²) in [4.78, 5) is 1.53. The molecule has 0 spiro atoms. The Labute approximate surface area is 121 Å². The van der Waals surface area contributed by atoms with E-state index < -0.39 is 0 Å². The molecule has 1 fully saturated rings. The first kappa shape index (κ1) is 13.5. The van der Waals surface area contributed by atoms with Gasteiger partial charge in [-0.15, -0.1) is 11.8 Å². The van der Waals surface area contributed by atoms with Crippen LogP contribution in [-0.2, 0) is 0 Å². The molecular formula is C17H25NS. The lowest BCUT2D eigenvalue weighted by atomic mass is 9.88. The largest absolute Gasteiger partial charge is 0.316 e. The lowest BCUT2D eigenvalue weighted by Crippen LogP contribution is -2.28. The Kier molecular flexibility index (Phi) is 3.91. The Morgan fingerprint density at radius 2 is 2.11 bits per heavy atom. The molecule has 1 atom stereocenters. The quantitative estimate of drug-likeness (QED) is 0.831. The summed E-state index contributed by atoms with van der Waals surface area (Å²) in [6.07, 6.45) is 4.25. The molecule has 2 aliphatic rings. The minimum Gasteiger partial charge on any atom is -0.316 e. The SMILES string of the molecule is CC(C)CNCC1(CC2CSc3ccccc32)CC1. The normalized spacial score (nSPS) is 23.6. The summed E-state index contributed by atoms with van der Waals surface area (Å²) in [5.74, 6) is 2.86. The van der Waals surface area contributed by atoms with Gasteiger partial charge in [0.1, 0.15) is 0 Å². The maximum Gasteiger partial charge on any atom is 0.0107 e. The molecule has 0 amide bonds. The predicted octanol–water partition coefficient (Wildman–Crippen LogP) is 4.29. The van der Waals surface area contributed by atoms with E-state index >= 15 is 0 Å². The summed E-state index contributed by atoms with van der Waals surface area (Å²) in [7, 11) is 0. The third-order valence-electron chi connectivity index (χ3n) is 4.49. The molecule has 1 nitrogen and oxygen atoms in total. The summed E-state index contributed by atoms with van der Waals surface area (Å²) < 4.78 is 0. The zero-order valence-corrected chi connectivity index (χ0v) is 12.9. The highest BCUT2D eigenvalue weighted by Gasteiger charge is 2.44. The van der Waals surface area contributed by atoms with Crippen LogP contribution in [0.15, 0.2) is 29.2 Å². The zero-order valence-electron chi connectivity index (χ0n) is 12.1. The molecular weight excluding hydrogens is 250 g/mol. The van der Waals surface area contributed by atoms with Crippen molar-refractivity contribution < 1.29 is 0 Å². The molecule has 2 heteroatoms. The van der Waals surface area contributed by atoms with Crippen LogP contribution in [0.3, 0.4) is 0 Å². The number of hydrogen-bond donors (Lipinski definition) is 1. The molecule has 0 aromatic heterocycles. The molecule has 1 N–H and O–H groups in total. The van der Waals surface area contributed by atoms with Crippen molar-refractivity contribution in [1.82, 2.24) is 5.32 Å². The van der Waals surface area contributed by atoms with E-state index in [0.717, 1.165) is 18.4 Å². The second kappa shape index (κ2) is 5.49. The number of thioether (sulfide) groups is 1. The molecule has 3 rings (SSSR count). The lowest BCUT2D eigenvalue weighted by Gasteiger charge is -2.21. The maximum absolute atomic E-state index is 3.68. The molecule has 1 aliphatic heterocycles. The van der Waals surface area contributed by atoms with Crippen LogP contribution in [-0.4, -0.2) is 18.8 Å². The van der Waals surface area contributed by atoms with Gasteiger partial charge in [0.25, 0.3) is 0 Å². The van der Waals surface area contributed by atoms with Gasteiger partial charge in [0, 0.05) is 17.2 Å². The summed E-state index contributed by atoms with van der Waals surface area (Å²) in [5.41, 5.74) is 2.24. The van der Waals surface area contributed by atoms with Crippen molar-refractivity contribution in [1.29, 1.82) is 0 Å². The number of fused-ring (bicyclic) bond motifs is 1. The lowest BCUT2D eigenvalue weighted by molar-refractivity contribution is 0.387. The molecule has 1 unspecified atom stereocenters. The second-order valence-corrected chi connectivity index (χ2v) is 7.84. The minimum absolute atomic E-state index is 0.623. The highest BCUT2D eigenvalue weighted by atomic mass is 32.2. The van der Waals surface area contributed by atoms with E-state index in [1.54, 1.807) is 5.56 Å². The Morgan fingerprint density at radius 1 is 1.32 bits per heavy atom. The van der Waals surface area contributed by atoms with Crippen molar-refractivity contribution in [3.05, 3.63) is 29.8 Å². The average Bonchev–Trinajstić information content (AvgIpc) is 3.03. The van der Waals surface area contributed by atoms with Crippen LogP contribution in [0.2, 0.25) is 0 Å². The zero-order chi connectivity index (χ0) is 13.3. The van der Waals surface area contributed by atoms with Gasteiger partial charge in [0.15, 0.2) is 0 Å². The van der Waals surface area contributed by atoms with Crippen LogP contribution in [0.5, 0.6) is 0 Å². The topological polar surface area (TPSA) is 12.0 Å². The van der Waals surface area contributed by atoms with Crippen LogP contribution >= 0.6 is 11.8 Å². The van der Waals surface area contributed by atoms with E-state index in [4.69, 9.17) is 0 Å². The van der Waals surface area contributed by atoms with E-state index in [1.165, 1.54) is 36.5 Å². The van der Waals surface area contributed by atoms with E-state index in [2.05, 4.69) is 55.2 Å². The van der Waals surface area contributed by atoms with E-state index in [0.29, 0.717) is 5.41 Å². The van der Waals surface area contributed by atoms with E-state index in [1.807, 2.05) is 0 Å². The van der Waals surface area contributed by atoms with Crippen LogP contribution < -0.4 is 5.32 Å². The number of rotatable bonds is 6. The number of benzene rings is 1. The number of hydrogen-bond acceptors (Lipinski definition) is 2. The third-order valence-corrected chi connectivity index (χ3v) is 5.74. The first-order valence-electron chi connectivity index (χ1n) is 7.61. The smallest absolute Gasteiger partial charge is 0.0107 e. The summed E-state index contributed by atoms with van der Waals surface area (Å²) in [5, 5.41) is 3.68. The molecule has 1 aromatic rings. The molecule has 1 heterocycles. The molecule has 0 radical (unpaired) electrons. The van der Waals surface area contributed by atoms with Crippen molar-refractivity contribution >= 4 is 11.8 Å². The Balaban J connectivity index is 1.57. The van der Waals surface area contributed by atoms with Gasteiger partial charge in [-0.2, -0.15) is 0 Å². The predicted molar refractivity (Wildman–Crippen MR) is 83.9 cm³/mol. The number of nitrogens with one attached hydrogen (secondary N) is 1. The highest BCUT2D eigenvalue weighted by molar-refractivity contribution is 7.99. The first-order chi connectivity index (χ1) is 9.19. The molecule has 0 saturated heterocycles. The fraction of sp³-hybridized carbons (Fsp3) is 0.647. The average molecular weight is 275 g/mol. The van der Waals surface area contributed by atoms with Gasteiger partial charge < -0.3 is 5.32 Å². The van der Waals surface area contributed by atoms with Crippen molar-refractivity contribution in [2.75, 3.05) is 18.8 Å². The van der Waals surface area contributed by atoms with Crippen LogP contribution in [0.4, 0.5) is 0 Å². The third kappa shape index (κ3) is 3.17. The van der Waals surface area contributed by atoms with E-state index in [-0.39, 0.29) is 0 Å². The standard InChI is InChI=1S/C17H25NS/c1-13(2)10-18-12-17(7-8-17)9-14-11-19-16-6-4-3-5-15(14)16/h3-6,13-14,18H,7-12H2,1-2H3. The molecule has 19 heavy (non-hydrogen) atoms.